The van der Waals surface area contributed by atoms with Crippen LogP contribution in [0.1, 0.15) is 58.2 Å². The smallest absolute Gasteiger partial charge is 0.222 e. The zero-order chi connectivity index (χ0) is 21.4. The fraction of sp³-hybridized carbons (Fsp3) is 0.545. The van der Waals surface area contributed by atoms with Gasteiger partial charge in [-0.05, 0) is 51.3 Å². The predicted molar refractivity (Wildman–Crippen MR) is 115 cm³/mol. The molecule has 5 rings (SSSR count). The Labute approximate surface area is 180 Å². The van der Waals surface area contributed by atoms with Crippen molar-refractivity contribution in [3.63, 3.8) is 0 Å². The third-order valence-electron chi connectivity index (χ3n) is 5.94. The minimum absolute atomic E-state index is 0.0184. The maximum atomic E-state index is 12.3. The lowest BCUT2D eigenvalue weighted by atomic mass is 10.1. The minimum atomic E-state index is -0.154. The van der Waals surface area contributed by atoms with E-state index in [2.05, 4.69) is 15.5 Å². The first-order chi connectivity index (χ1) is 15.1. The molecule has 0 saturated carbocycles. The molecule has 1 amide bonds. The third kappa shape index (κ3) is 4.01. The van der Waals surface area contributed by atoms with Gasteiger partial charge in [0.25, 0.3) is 0 Å². The predicted octanol–water partition coefficient (Wildman–Crippen LogP) is 3.23. The van der Waals surface area contributed by atoms with E-state index in [-0.39, 0.29) is 24.3 Å². The Morgan fingerprint density at radius 1 is 1.16 bits per heavy atom. The van der Waals surface area contributed by atoms with Crippen molar-refractivity contribution in [2.75, 3.05) is 13.2 Å². The summed E-state index contributed by atoms with van der Waals surface area (Å²) in [7, 11) is 0. The molecule has 1 unspecified atom stereocenters. The highest BCUT2D eigenvalue weighted by atomic mass is 16.5. The van der Waals surface area contributed by atoms with Gasteiger partial charge in [0.1, 0.15) is 17.1 Å². The Bertz CT molecular complexity index is 1080. The molecule has 31 heavy (non-hydrogen) atoms. The van der Waals surface area contributed by atoms with Crippen LogP contribution in [0.2, 0.25) is 0 Å². The molecule has 1 saturated heterocycles. The number of rotatable bonds is 1. The molecule has 4 heterocycles. The van der Waals surface area contributed by atoms with Crippen LogP contribution < -0.4 is 10.1 Å². The van der Waals surface area contributed by atoms with E-state index in [4.69, 9.17) is 14.6 Å². The first-order valence-electron chi connectivity index (χ1n) is 11.1. The van der Waals surface area contributed by atoms with E-state index in [9.17, 15) is 4.79 Å². The Kier molecular flexibility index (Phi) is 5.35. The summed E-state index contributed by atoms with van der Waals surface area (Å²) in [6.45, 7) is 5.27. The summed E-state index contributed by atoms with van der Waals surface area (Å²) in [4.78, 5) is 13.9. The maximum Gasteiger partial charge on any atom is 0.222 e. The van der Waals surface area contributed by atoms with Gasteiger partial charge < -0.3 is 14.8 Å². The topological polar surface area (TPSA) is 96.1 Å². The van der Waals surface area contributed by atoms with Crippen molar-refractivity contribution in [3.8, 4) is 17.1 Å². The van der Waals surface area contributed by atoms with Crippen LogP contribution in [0.15, 0.2) is 24.4 Å². The van der Waals surface area contributed by atoms with Crippen molar-refractivity contribution >= 4 is 16.8 Å². The first-order valence-corrected chi connectivity index (χ1v) is 11.1. The van der Waals surface area contributed by atoms with Gasteiger partial charge in [-0.25, -0.2) is 4.68 Å². The van der Waals surface area contributed by atoms with Crippen LogP contribution in [0.25, 0.3) is 22.3 Å². The number of ether oxygens (including phenoxy) is 2. The molecule has 2 aliphatic heterocycles. The summed E-state index contributed by atoms with van der Waals surface area (Å²) >= 11 is 0. The monoisotopic (exact) mass is 424 g/mol. The second kappa shape index (κ2) is 8.30. The van der Waals surface area contributed by atoms with E-state index in [1.54, 1.807) is 11.0 Å². The summed E-state index contributed by atoms with van der Waals surface area (Å²) in [6.07, 6.45) is 5.78. The van der Waals surface area contributed by atoms with E-state index in [1.165, 1.54) is 0 Å². The average molecular weight is 425 g/mol. The summed E-state index contributed by atoms with van der Waals surface area (Å²) in [5.41, 5.74) is 2.41. The normalized spacial score (nSPS) is 25.0. The highest BCUT2D eigenvalue weighted by Crippen LogP contribution is 2.34. The van der Waals surface area contributed by atoms with E-state index >= 15 is 0 Å². The molecule has 2 aromatic heterocycles. The number of carbonyl (C=O) groups excluding carboxylic acids is 1. The Morgan fingerprint density at radius 2 is 2.06 bits per heavy atom. The van der Waals surface area contributed by atoms with Crippen molar-refractivity contribution < 1.29 is 14.3 Å². The number of aromatic nitrogens is 5. The van der Waals surface area contributed by atoms with E-state index in [1.807, 2.05) is 36.7 Å². The maximum absolute atomic E-state index is 12.3. The van der Waals surface area contributed by atoms with Gasteiger partial charge in [0.15, 0.2) is 6.23 Å². The molecule has 0 aliphatic carbocycles. The van der Waals surface area contributed by atoms with Gasteiger partial charge >= 0.3 is 0 Å². The van der Waals surface area contributed by atoms with Gasteiger partial charge in [-0.3, -0.25) is 4.79 Å². The number of nitrogens with zero attached hydrogens (tertiary/aromatic N) is 5. The van der Waals surface area contributed by atoms with E-state index in [0.29, 0.717) is 18.7 Å². The van der Waals surface area contributed by atoms with Gasteiger partial charge in [-0.2, -0.15) is 20.1 Å². The van der Waals surface area contributed by atoms with Gasteiger partial charge in [0.2, 0.25) is 5.91 Å². The van der Waals surface area contributed by atoms with Crippen molar-refractivity contribution in [1.82, 2.24) is 30.1 Å². The largest absolute Gasteiger partial charge is 0.491 e. The molecule has 3 aromatic rings. The molecular weight excluding hydrogens is 396 g/mol. The van der Waals surface area contributed by atoms with Gasteiger partial charge in [-0.1, -0.05) is 0 Å². The molecule has 9 nitrogen and oxygen atoms in total. The van der Waals surface area contributed by atoms with Crippen molar-refractivity contribution in [2.45, 2.75) is 64.3 Å². The lowest BCUT2D eigenvalue weighted by molar-refractivity contribution is -0.121. The van der Waals surface area contributed by atoms with Crippen LogP contribution in [-0.4, -0.2) is 49.9 Å². The van der Waals surface area contributed by atoms with E-state index < -0.39 is 0 Å². The number of carbonyl (C=O) groups is 1. The summed E-state index contributed by atoms with van der Waals surface area (Å²) < 4.78 is 14.1. The molecule has 9 heteroatoms. The summed E-state index contributed by atoms with van der Waals surface area (Å²) in [5, 5.41) is 17.9. The van der Waals surface area contributed by atoms with E-state index in [0.717, 1.165) is 54.6 Å². The molecular formula is C22H28N6O3. The quantitative estimate of drug-likeness (QED) is 0.644. The number of nitrogens with one attached hydrogen (secondary N) is 1. The molecule has 2 aliphatic rings. The van der Waals surface area contributed by atoms with Gasteiger partial charge in [-0.15, -0.1) is 0 Å². The second-order valence-corrected chi connectivity index (χ2v) is 8.46. The fourth-order valence-corrected chi connectivity index (χ4v) is 4.24. The zero-order valence-corrected chi connectivity index (χ0v) is 18.0. The Morgan fingerprint density at radius 3 is 2.90 bits per heavy atom. The van der Waals surface area contributed by atoms with Gasteiger partial charge in [0.05, 0.1) is 30.3 Å². The molecule has 4 bridgehead atoms. The number of amides is 1. The van der Waals surface area contributed by atoms with Crippen LogP contribution in [-0.2, 0) is 9.53 Å². The molecule has 1 aromatic carbocycles. The van der Waals surface area contributed by atoms with Crippen molar-refractivity contribution in [3.05, 3.63) is 24.4 Å². The van der Waals surface area contributed by atoms with Gasteiger partial charge in [0, 0.05) is 25.0 Å². The lowest BCUT2D eigenvalue weighted by Gasteiger charge is -2.23. The SMILES string of the molecule is C[C@@H]1CCNC(=O)C[C@H](C)n2ncc(n2)-c2nn(C3CCCCO3)c3ccc(cc23)O1. The highest BCUT2D eigenvalue weighted by molar-refractivity contribution is 5.93. The molecule has 3 atom stereocenters. The molecule has 1 fully saturated rings. The fourth-order valence-electron chi connectivity index (χ4n) is 4.24. The number of fused-ring (bicyclic) bond motifs is 4. The molecule has 0 radical (unpaired) electrons. The third-order valence-corrected chi connectivity index (χ3v) is 5.94. The zero-order valence-electron chi connectivity index (χ0n) is 18.0. The molecule has 0 spiro atoms. The van der Waals surface area contributed by atoms with Crippen LogP contribution in [0.4, 0.5) is 0 Å². The second-order valence-electron chi connectivity index (χ2n) is 8.46. The van der Waals surface area contributed by atoms with Crippen LogP contribution in [0, 0.1) is 0 Å². The van der Waals surface area contributed by atoms with Crippen LogP contribution >= 0.6 is 0 Å². The minimum Gasteiger partial charge on any atom is -0.491 e. The lowest BCUT2D eigenvalue weighted by Crippen LogP contribution is -2.29. The van der Waals surface area contributed by atoms with Crippen LogP contribution in [0.3, 0.4) is 0 Å². The van der Waals surface area contributed by atoms with Crippen molar-refractivity contribution in [2.24, 2.45) is 0 Å². The summed E-state index contributed by atoms with van der Waals surface area (Å²) in [6, 6.07) is 5.88. The number of hydrogen-bond acceptors (Lipinski definition) is 6. The Hall–Kier alpha value is -2.94. The highest BCUT2D eigenvalue weighted by Gasteiger charge is 2.24. The standard InChI is InChI=1S/C22H28N6O3/c1-14-11-20(29)23-9-8-15(2)31-16-6-7-19-17(12-16)22(18-13-24-28(14)25-18)26-27(19)21-5-3-4-10-30-21/h6-7,12-15,21H,3-5,8-11H2,1-2H3,(H,23,29)/t14-,15+,21?/m0/s1. The van der Waals surface area contributed by atoms with Crippen molar-refractivity contribution in [1.29, 1.82) is 0 Å². The number of hydrogen-bond donors (Lipinski definition) is 1. The number of benzene rings is 1. The average Bonchev–Trinajstić information content (AvgIpc) is 3.38. The Balaban J connectivity index is 1.62. The summed E-state index contributed by atoms with van der Waals surface area (Å²) in [5.74, 6) is 0.752. The molecule has 1 N–H and O–H groups in total. The molecule has 164 valence electrons. The first kappa shape index (κ1) is 20.0. The van der Waals surface area contributed by atoms with Crippen LogP contribution in [0.5, 0.6) is 5.75 Å².